The van der Waals surface area contributed by atoms with E-state index in [9.17, 15) is 22.2 Å². The topological polar surface area (TPSA) is 40.5 Å². The van der Waals surface area contributed by atoms with Gasteiger partial charge in [-0.2, -0.15) is 0 Å². The van der Waals surface area contributed by atoms with Crippen LogP contribution in [0, 0.1) is 29.0 Å². The number of nitrogens with zero attached hydrogens (tertiary/aromatic N) is 1. The van der Waals surface area contributed by atoms with Crippen molar-refractivity contribution in [2.24, 2.45) is 17.2 Å². The van der Waals surface area contributed by atoms with Crippen molar-refractivity contribution in [3.8, 4) is 11.8 Å². The minimum atomic E-state index is -5.27. The number of ketones is 1. The van der Waals surface area contributed by atoms with Gasteiger partial charge in [-0.05, 0) is 91.7 Å². The highest BCUT2D eigenvalue weighted by atomic mass is 16.3. The van der Waals surface area contributed by atoms with Crippen LogP contribution < -0.4 is 4.90 Å². The van der Waals surface area contributed by atoms with Crippen molar-refractivity contribution in [2.45, 2.75) is 69.9 Å². The van der Waals surface area contributed by atoms with Crippen molar-refractivity contribution in [3.63, 3.8) is 0 Å². The summed E-state index contributed by atoms with van der Waals surface area (Å²) < 4.78 is 283. The predicted octanol–water partition coefficient (Wildman–Crippen LogP) is 5.41. The van der Waals surface area contributed by atoms with E-state index in [1.54, 1.807) is 0 Å². The summed E-state index contributed by atoms with van der Waals surface area (Å²) in [4.78, 5) is 12.6. The number of carbonyl (C=O) groups is 1. The standard InChI is InChI=1S/C29H35NO2/c1-5-15-29(32)16-14-26-24-12-8-20-17-22(31)11-13-23(20)27(24)25(18-28(26,29)2)19-6-9-21(10-7-19)30(3)4/h6-7,9-10,17,24-26,32H,8,11-14,16,18H2,1-4H3/t24-,25+,26-,28-,29-/m0/s1/i1D3,2D3,3D3,4D3,6D,7D,8D2,9D,10D,12D2,13D2,14D2,16D2,17D,18D2,24D,25D,26D. The Kier molecular flexibility index (Phi) is 1.35. The molecular weight excluding hydrogens is 394 g/mol. The average molecular weight is 462 g/mol. The number of rotatable bonds is 2. The van der Waals surface area contributed by atoms with Gasteiger partial charge in [0.1, 0.15) is 5.60 Å². The first-order chi connectivity index (χ1) is 27.9. The summed E-state index contributed by atoms with van der Waals surface area (Å²) in [5.74, 6) is -14.2. The van der Waals surface area contributed by atoms with E-state index >= 15 is 0 Å². The molecule has 0 aliphatic heterocycles. The predicted molar refractivity (Wildman–Crippen MR) is 129 cm³/mol. The molecule has 2 saturated carbocycles. The lowest BCUT2D eigenvalue weighted by atomic mass is 9.51. The van der Waals surface area contributed by atoms with E-state index in [1.807, 2.05) is 0 Å². The molecule has 0 aromatic heterocycles. The first-order valence-corrected chi connectivity index (χ1v) is 9.06. The van der Waals surface area contributed by atoms with Crippen molar-refractivity contribution in [1.29, 1.82) is 0 Å². The molecular formula is C29H35NO2. The quantitative estimate of drug-likeness (QED) is 0.599. The number of allylic oxidation sites excluding steroid dienone is 4. The maximum absolute atomic E-state index is 13.2. The Hall–Kier alpha value is -2.31. The lowest BCUT2D eigenvalue weighted by molar-refractivity contribution is -0.114. The molecule has 0 radical (unpaired) electrons. The van der Waals surface area contributed by atoms with Gasteiger partial charge in [0.05, 0.1) is 6.85 Å². The Morgan fingerprint density at radius 1 is 1.28 bits per heavy atom. The third-order valence-electron chi connectivity index (χ3n) is 5.18. The lowest BCUT2D eigenvalue weighted by Gasteiger charge is -2.53. The second-order valence-corrected chi connectivity index (χ2v) is 7.05. The Morgan fingerprint density at radius 2 is 2.12 bits per heavy atom. The van der Waals surface area contributed by atoms with Crippen LogP contribution in [0.4, 0.5) is 5.69 Å². The number of benzene rings is 1. The van der Waals surface area contributed by atoms with Gasteiger partial charge in [-0.25, -0.2) is 0 Å². The summed E-state index contributed by atoms with van der Waals surface area (Å²) in [5, 5.41) is 12.7. The Labute approximate surface area is 237 Å². The smallest absolute Gasteiger partial charge is 0.156 e. The molecule has 0 bridgehead atoms. The van der Waals surface area contributed by atoms with Crippen molar-refractivity contribution >= 4 is 11.5 Å². The number of hydrogen-bond donors (Lipinski definition) is 1. The Bertz CT molecular complexity index is 2340. The van der Waals surface area contributed by atoms with Gasteiger partial charge < -0.3 is 10.0 Å². The molecule has 4 aliphatic carbocycles. The summed E-state index contributed by atoms with van der Waals surface area (Å²) >= 11 is 0. The summed E-state index contributed by atoms with van der Waals surface area (Å²) in [6, 6.07) is -9.32. The van der Waals surface area contributed by atoms with Crippen molar-refractivity contribution < 1.29 is 53.8 Å². The molecule has 0 amide bonds. The van der Waals surface area contributed by atoms with Crippen LogP contribution in [0.3, 0.4) is 0 Å². The van der Waals surface area contributed by atoms with Crippen LogP contribution in [0.5, 0.6) is 0 Å². The highest BCUT2D eigenvalue weighted by molar-refractivity contribution is 5.93. The van der Waals surface area contributed by atoms with E-state index in [1.165, 1.54) is 11.8 Å². The zero-order chi connectivity index (χ0) is 50.5. The van der Waals surface area contributed by atoms with Crippen LogP contribution >= 0.6 is 0 Å². The summed E-state index contributed by atoms with van der Waals surface area (Å²) in [6.45, 7) is -16.5. The van der Waals surface area contributed by atoms with Crippen LogP contribution in [-0.2, 0) is 4.79 Å². The van der Waals surface area contributed by atoms with Gasteiger partial charge >= 0.3 is 0 Å². The van der Waals surface area contributed by atoms with E-state index in [0.29, 0.717) is 0 Å². The molecule has 4 aliphatic rings. The van der Waals surface area contributed by atoms with Gasteiger partial charge in [0, 0.05) is 74.4 Å². The maximum Gasteiger partial charge on any atom is 0.156 e. The fraction of sp³-hybridized carbons (Fsp3) is 0.552. The average Bonchev–Trinajstić information content (AvgIpc) is 3.15. The minimum absolute atomic E-state index is 0.609. The fourth-order valence-electron chi connectivity index (χ4n) is 3.68. The third-order valence-corrected chi connectivity index (χ3v) is 5.18. The SMILES string of the molecule is [2H]C1=C2C(=C3[C@@]([2H])(c4c([2H])c([2H])c(N(C([2H])([2H])[2H])C([2H])([2H])[2H])c([2H])c4[2H])C([2H])([2H])[C@@]4(C([2H])([2H])[2H])[C@@]([2H])(C([2H])([2H])C([2H])([2H])[C@@]4(O)C#CC([2H])([2H])[2H])[C@]3([2H])C([2H])([2H])C2([2H])[2H])C([2H])([2H])CC1=O. The van der Waals surface area contributed by atoms with Crippen LogP contribution in [0.25, 0.3) is 0 Å². The van der Waals surface area contributed by atoms with Crippen LogP contribution in [0.1, 0.15) is 114 Å². The molecule has 5 rings (SSSR count). The molecule has 3 nitrogen and oxygen atoms in total. The van der Waals surface area contributed by atoms with Gasteiger partial charge in [0.15, 0.2) is 5.78 Å². The molecule has 168 valence electrons. The summed E-state index contributed by atoms with van der Waals surface area (Å²) in [5.41, 5.74) is -19.9. The first-order valence-electron chi connectivity index (χ1n) is 25.1. The van der Waals surface area contributed by atoms with Gasteiger partial charge in [-0.1, -0.05) is 30.4 Å². The highest BCUT2D eigenvalue weighted by Crippen LogP contribution is 2.66. The van der Waals surface area contributed by atoms with Crippen molar-refractivity contribution in [2.75, 3.05) is 18.9 Å². The number of hydrogen-bond acceptors (Lipinski definition) is 3. The molecule has 1 aromatic rings. The maximum atomic E-state index is 13.2. The summed E-state index contributed by atoms with van der Waals surface area (Å²) in [7, 11) is 0. The van der Waals surface area contributed by atoms with E-state index in [4.69, 9.17) is 31.5 Å². The normalized spacial score (nSPS) is 68.7. The van der Waals surface area contributed by atoms with Crippen LogP contribution in [0.15, 0.2) is 46.9 Å². The van der Waals surface area contributed by atoms with E-state index in [-0.39, 0.29) is 0 Å². The monoisotopic (exact) mass is 461 g/mol. The molecule has 0 unspecified atom stereocenters. The van der Waals surface area contributed by atoms with Gasteiger partial charge in [-0.3, -0.25) is 4.79 Å². The zero-order valence-electron chi connectivity index (χ0n) is 48.0. The lowest BCUT2D eigenvalue weighted by Crippen LogP contribution is -2.51. The van der Waals surface area contributed by atoms with Crippen molar-refractivity contribution in [3.05, 3.63) is 52.5 Å². The largest absolute Gasteiger partial charge is 0.378 e. The second-order valence-electron chi connectivity index (χ2n) is 7.05. The zero-order valence-corrected chi connectivity index (χ0v) is 16.0. The second kappa shape index (κ2) is 7.63. The number of aliphatic hydroxyl groups is 1. The molecule has 1 N–H and O–H groups in total. The van der Waals surface area contributed by atoms with Gasteiger partial charge in [0.25, 0.3) is 0 Å². The molecule has 2 fully saturated rings. The Morgan fingerprint density at radius 3 is 2.88 bits per heavy atom. The highest BCUT2D eigenvalue weighted by Gasteiger charge is 2.62. The van der Waals surface area contributed by atoms with Crippen LogP contribution in [0.2, 0.25) is 0 Å². The van der Waals surface area contributed by atoms with E-state index < -0.39 is 170 Å². The number of fused-ring (bicyclic) bond motifs is 4. The fourth-order valence-corrected chi connectivity index (χ4v) is 3.68. The van der Waals surface area contributed by atoms with Gasteiger partial charge in [-0.15, -0.1) is 5.92 Å². The molecule has 0 spiro atoms. The Balaban J connectivity index is 2.37. The van der Waals surface area contributed by atoms with Crippen molar-refractivity contribution in [1.82, 2.24) is 0 Å². The van der Waals surface area contributed by atoms with Crippen LogP contribution in [-0.4, -0.2) is 30.4 Å². The number of anilines is 1. The molecule has 1 aromatic carbocycles. The molecule has 0 saturated heterocycles. The first kappa shape index (κ1) is 5.66. The molecule has 32 heavy (non-hydrogen) atoms. The molecule has 5 atom stereocenters. The minimum Gasteiger partial charge on any atom is -0.378 e. The van der Waals surface area contributed by atoms with E-state index in [0.717, 1.165) is 0 Å². The molecule has 0 heterocycles. The van der Waals surface area contributed by atoms with Gasteiger partial charge in [0.2, 0.25) is 0 Å². The summed E-state index contributed by atoms with van der Waals surface area (Å²) in [6.07, 6.45) is -29.5. The molecule has 3 heteroatoms. The third kappa shape index (κ3) is 3.11. The van der Waals surface area contributed by atoms with E-state index in [2.05, 4.69) is 0 Å². The number of carbonyl (C=O) groups excluding carboxylic acids is 1.